The number of nitrogens with zero attached hydrogens (tertiary/aromatic N) is 5. The van der Waals surface area contributed by atoms with E-state index in [1.54, 1.807) is 12.4 Å². The Hall–Kier alpha value is -3.69. The third kappa shape index (κ3) is 9.36. The van der Waals surface area contributed by atoms with Gasteiger partial charge in [-0.05, 0) is 24.6 Å². The predicted molar refractivity (Wildman–Crippen MR) is 116 cm³/mol. The third-order valence-corrected chi connectivity index (χ3v) is 5.17. The van der Waals surface area contributed by atoms with Gasteiger partial charge in [-0.1, -0.05) is 6.07 Å². The van der Waals surface area contributed by atoms with Gasteiger partial charge < -0.3 is 24.7 Å². The van der Waals surface area contributed by atoms with Crippen LogP contribution >= 0.6 is 0 Å². The molecule has 2 aromatic heterocycles. The van der Waals surface area contributed by atoms with Gasteiger partial charge in [0, 0.05) is 50.2 Å². The Morgan fingerprint density at radius 1 is 0.838 bits per heavy atom. The number of anilines is 2. The van der Waals surface area contributed by atoms with Gasteiger partial charge in [0.2, 0.25) is 5.95 Å². The van der Waals surface area contributed by atoms with Crippen LogP contribution in [0, 0.1) is 5.41 Å². The molecule has 0 aromatic carbocycles. The molecule has 1 spiro atoms. The van der Waals surface area contributed by atoms with E-state index < -0.39 is 24.3 Å². The highest BCUT2D eigenvalue weighted by molar-refractivity contribution is 5.73. The molecule has 204 valence electrons. The van der Waals surface area contributed by atoms with Crippen molar-refractivity contribution < 1.29 is 50.9 Å². The number of carbonyl (C=O) groups is 2. The topological polar surface area (TPSA) is 129 Å². The van der Waals surface area contributed by atoms with Crippen LogP contribution in [-0.4, -0.2) is 88.8 Å². The molecule has 0 bridgehead atoms. The fourth-order valence-corrected chi connectivity index (χ4v) is 3.54. The molecule has 37 heavy (non-hydrogen) atoms. The van der Waals surface area contributed by atoms with Gasteiger partial charge in [-0.25, -0.2) is 24.5 Å². The predicted octanol–water partition coefficient (Wildman–Crippen LogP) is 2.87. The Kier molecular flexibility index (Phi) is 9.99. The smallest absolute Gasteiger partial charge is 0.475 e. The number of ether oxygens (including phenoxy) is 1. The first-order valence-electron chi connectivity index (χ1n) is 10.6. The zero-order valence-electron chi connectivity index (χ0n) is 19.1. The van der Waals surface area contributed by atoms with E-state index in [1.807, 2.05) is 24.4 Å². The number of carboxylic acids is 2. The van der Waals surface area contributed by atoms with E-state index in [-0.39, 0.29) is 5.41 Å². The summed E-state index contributed by atoms with van der Waals surface area (Å²) < 4.78 is 69.4. The fourth-order valence-electron chi connectivity index (χ4n) is 3.54. The lowest BCUT2D eigenvalue weighted by Gasteiger charge is -2.31. The van der Waals surface area contributed by atoms with Crippen molar-refractivity contribution in [2.75, 3.05) is 49.2 Å². The molecule has 2 aromatic rings. The number of rotatable bonds is 2. The Balaban J connectivity index is 0.000000286. The summed E-state index contributed by atoms with van der Waals surface area (Å²) in [6.45, 7) is 5.27. The van der Waals surface area contributed by atoms with E-state index in [0.717, 1.165) is 57.6 Å². The average molecular weight is 539 g/mol. The van der Waals surface area contributed by atoms with Gasteiger partial charge in [0.05, 0.1) is 13.2 Å². The molecule has 0 radical (unpaired) electrons. The molecule has 0 saturated carbocycles. The number of pyridine rings is 1. The van der Waals surface area contributed by atoms with Crippen LogP contribution in [0.1, 0.15) is 6.42 Å². The summed E-state index contributed by atoms with van der Waals surface area (Å²) in [5, 5.41) is 14.2. The van der Waals surface area contributed by atoms with Gasteiger partial charge in [-0.2, -0.15) is 26.3 Å². The van der Waals surface area contributed by atoms with Crippen LogP contribution in [0.15, 0.2) is 42.9 Å². The largest absolute Gasteiger partial charge is 0.490 e. The number of halogens is 6. The second-order valence-corrected chi connectivity index (χ2v) is 7.99. The molecule has 0 amide bonds. The molecule has 2 N–H and O–H groups in total. The molecule has 4 rings (SSSR count). The SMILES string of the molecule is O=C(O)C(F)(F)F.O=C(O)C(F)(F)F.c1ccc(N2CCC3(COCCN(c4ncccn4)C3)C2)nc1. The molecular weight excluding hydrogens is 516 g/mol. The van der Waals surface area contributed by atoms with Crippen molar-refractivity contribution in [1.82, 2.24) is 15.0 Å². The van der Waals surface area contributed by atoms with Crippen LogP contribution in [0.5, 0.6) is 0 Å². The van der Waals surface area contributed by atoms with E-state index in [9.17, 15) is 26.3 Å². The number of hydrogen-bond acceptors (Lipinski definition) is 8. The van der Waals surface area contributed by atoms with Crippen LogP contribution in [-0.2, 0) is 14.3 Å². The first kappa shape index (κ1) is 29.5. The quantitative estimate of drug-likeness (QED) is 0.550. The average Bonchev–Trinajstić information content (AvgIpc) is 3.13. The molecule has 4 heterocycles. The Bertz CT molecular complexity index is 988. The number of aromatic nitrogens is 3. The molecular formula is C21H23F6N5O5. The molecule has 2 aliphatic rings. The van der Waals surface area contributed by atoms with Crippen LogP contribution in [0.2, 0.25) is 0 Å². The summed E-state index contributed by atoms with van der Waals surface area (Å²) in [5.41, 5.74) is 0.118. The van der Waals surface area contributed by atoms with Crippen molar-refractivity contribution in [3.63, 3.8) is 0 Å². The van der Waals surface area contributed by atoms with Crippen molar-refractivity contribution in [1.29, 1.82) is 0 Å². The van der Waals surface area contributed by atoms with Gasteiger partial charge >= 0.3 is 24.3 Å². The maximum atomic E-state index is 10.6. The van der Waals surface area contributed by atoms with Gasteiger partial charge in [0.1, 0.15) is 5.82 Å². The van der Waals surface area contributed by atoms with Gasteiger partial charge in [0.15, 0.2) is 0 Å². The minimum Gasteiger partial charge on any atom is -0.475 e. The summed E-state index contributed by atoms with van der Waals surface area (Å²) >= 11 is 0. The number of alkyl halides is 6. The minimum atomic E-state index is -5.08. The normalized spacial score (nSPS) is 19.7. The van der Waals surface area contributed by atoms with Gasteiger partial charge in [-0.15, -0.1) is 0 Å². The Morgan fingerprint density at radius 2 is 1.38 bits per heavy atom. The Morgan fingerprint density at radius 3 is 1.89 bits per heavy atom. The third-order valence-electron chi connectivity index (χ3n) is 5.17. The van der Waals surface area contributed by atoms with Crippen LogP contribution in [0.4, 0.5) is 38.1 Å². The second kappa shape index (κ2) is 12.5. The van der Waals surface area contributed by atoms with E-state index in [2.05, 4.69) is 30.8 Å². The summed E-state index contributed by atoms with van der Waals surface area (Å²) in [7, 11) is 0. The van der Waals surface area contributed by atoms with Gasteiger partial charge in [-0.3, -0.25) is 0 Å². The van der Waals surface area contributed by atoms with Crippen LogP contribution in [0.25, 0.3) is 0 Å². The van der Waals surface area contributed by atoms with Crippen molar-refractivity contribution in [3.8, 4) is 0 Å². The molecule has 2 fully saturated rings. The lowest BCUT2D eigenvalue weighted by atomic mass is 9.87. The Labute approximate surface area is 206 Å². The number of carboxylic acid groups (broad SMARTS) is 2. The molecule has 1 atom stereocenters. The molecule has 2 saturated heterocycles. The van der Waals surface area contributed by atoms with E-state index in [0.29, 0.717) is 0 Å². The molecule has 1 unspecified atom stereocenters. The number of aliphatic carboxylic acids is 2. The summed E-state index contributed by atoms with van der Waals surface area (Å²) in [6, 6.07) is 7.93. The van der Waals surface area contributed by atoms with E-state index in [1.165, 1.54) is 0 Å². The van der Waals surface area contributed by atoms with Crippen LogP contribution in [0.3, 0.4) is 0 Å². The van der Waals surface area contributed by atoms with Crippen molar-refractivity contribution >= 4 is 23.7 Å². The molecule has 10 nitrogen and oxygen atoms in total. The minimum absolute atomic E-state index is 0.118. The zero-order valence-corrected chi connectivity index (χ0v) is 19.1. The van der Waals surface area contributed by atoms with Crippen molar-refractivity contribution in [2.45, 2.75) is 18.8 Å². The highest BCUT2D eigenvalue weighted by Gasteiger charge is 2.42. The molecule has 2 aliphatic heterocycles. The monoisotopic (exact) mass is 539 g/mol. The lowest BCUT2D eigenvalue weighted by Crippen LogP contribution is -2.41. The van der Waals surface area contributed by atoms with Crippen LogP contribution < -0.4 is 9.80 Å². The highest BCUT2D eigenvalue weighted by Crippen LogP contribution is 2.35. The summed E-state index contributed by atoms with van der Waals surface area (Å²) in [5.74, 6) is -3.66. The summed E-state index contributed by atoms with van der Waals surface area (Å²) in [6.07, 6.45) is -3.61. The number of hydrogen-bond donors (Lipinski definition) is 2. The van der Waals surface area contributed by atoms with Crippen molar-refractivity contribution in [3.05, 3.63) is 42.9 Å². The van der Waals surface area contributed by atoms with E-state index in [4.69, 9.17) is 24.5 Å². The zero-order chi connectivity index (χ0) is 27.7. The standard InChI is InChI=1S/C17H21N5O.2C2HF3O2/c1-2-6-18-15(4-1)21-9-5-17(12-21)13-22(10-11-23-14-17)16-19-7-3-8-20-16;2*3-2(4,5)1(6)7/h1-4,6-8H,5,9-14H2;2*(H,6,7). The first-order valence-corrected chi connectivity index (χ1v) is 10.6. The van der Waals surface area contributed by atoms with Gasteiger partial charge in [0.25, 0.3) is 0 Å². The maximum absolute atomic E-state index is 10.6. The highest BCUT2D eigenvalue weighted by atomic mass is 19.4. The van der Waals surface area contributed by atoms with Crippen molar-refractivity contribution in [2.24, 2.45) is 5.41 Å². The molecule has 16 heteroatoms. The second-order valence-electron chi connectivity index (χ2n) is 7.99. The lowest BCUT2D eigenvalue weighted by molar-refractivity contribution is -0.193. The van der Waals surface area contributed by atoms with E-state index >= 15 is 0 Å². The maximum Gasteiger partial charge on any atom is 0.490 e. The molecule has 0 aliphatic carbocycles. The first-order chi connectivity index (χ1) is 17.2. The fraction of sp³-hybridized carbons (Fsp3) is 0.476. The summed E-state index contributed by atoms with van der Waals surface area (Å²) in [4.78, 5) is 35.7.